The molecule has 112 valence electrons. The Morgan fingerprint density at radius 1 is 1.10 bits per heavy atom. The summed E-state index contributed by atoms with van der Waals surface area (Å²) < 4.78 is 29.1. The Morgan fingerprint density at radius 2 is 1.76 bits per heavy atom. The summed E-state index contributed by atoms with van der Waals surface area (Å²) in [6.07, 6.45) is 1.10. The smallest absolute Gasteiger partial charge is 0.175 e. The Morgan fingerprint density at radius 3 is 2.33 bits per heavy atom. The summed E-state index contributed by atoms with van der Waals surface area (Å²) in [5.41, 5.74) is 6.00. The summed E-state index contributed by atoms with van der Waals surface area (Å²) in [6, 6.07) is 7.35. The number of halogens is 3. The number of sulfone groups is 1. The molecule has 8 heteroatoms. The van der Waals surface area contributed by atoms with E-state index in [0.717, 1.165) is 6.26 Å². The summed E-state index contributed by atoms with van der Waals surface area (Å²) in [6.45, 7) is 0. The van der Waals surface area contributed by atoms with Crippen LogP contribution >= 0.6 is 39.1 Å². The van der Waals surface area contributed by atoms with Gasteiger partial charge in [-0.1, -0.05) is 23.2 Å². The van der Waals surface area contributed by atoms with Crippen molar-refractivity contribution in [2.24, 2.45) is 0 Å². The first-order valence-electron chi connectivity index (χ1n) is 5.60. The van der Waals surface area contributed by atoms with Crippen LogP contribution in [0.25, 0.3) is 0 Å². The van der Waals surface area contributed by atoms with Crippen LogP contribution in [-0.2, 0) is 9.84 Å². The number of ether oxygens (including phenoxy) is 1. The third kappa shape index (κ3) is 3.83. The van der Waals surface area contributed by atoms with Crippen molar-refractivity contribution in [1.82, 2.24) is 0 Å². The Bertz CT molecular complexity index is 809. The number of anilines is 1. The van der Waals surface area contributed by atoms with Crippen LogP contribution < -0.4 is 10.5 Å². The zero-order chi connectivity index (χ0) is 15.8. The molecule has 0 amide bonds. The number of rotatable bonds is 3. The fourth-order valence-corrected chi connectivity index (χ4v) is 3.04. The largest absolute Gasteiger partial charge is 0.454 e. The van der Waals surface area contributed by atoms with E-state index in [1.54, 1.807) is 6.07 Å². The SMILES string of the molecule is CS(=O)(=O)c1ccc(Oc2cc(Cl)c(Br)cc2Cl)c(N)c1. The molecule has 0 unspecified atom stereocenters. The zero-order valence-electron chi connectivity index (χ0n) is 10.7. The molecule has 0 saturated carbocycles. The molecule has 0 spiro atoms. The van der Waals surface area contributed by atoms with Gasteiger partial charge >= 0.3 is 0 Å². The third-order valence-corrected chi connectivity index (χ3v) is 5.21. The standard InChI is InChI=1S/C13H10BrCl2NO3S/c1-21(18,19)7-2-3-12(11(17)4-7)20-13-6-9(15)8(14)5-10(13)16/h2-6H,17H2,1H3. The van der Waals surface area contributed by atoms with Gasteiger partial charge in [-0.15, -0.1) is 0 Å². The quantitative estimate of drug-likeness (QED) is 0.595. The van der Waals surface area contributed by atoms with Crippen molar-refractivity contribution in [3.63, 3.8) is 0 Å². The Kier molecular flexibility index (Phi) is 4.72. The minimum Gasteiger partial charge on any atom is -0.454 e. The van der Waals surface area contributed by atoms with E-state index in [2.05, 4.69) is 15.9 Å². The summed E-state index contributed by atoms with van der Waals surface area (Å²) in [5, 5.41) is 0.776. The molecule has 0 aromatic heterocycles. The van der Waals surface area contributed by atoms with Gasteiger partial charge in [-0.3, -0.25) is 0 Å². The maximum atomic E-state index is 11.5. The molecule has 0 saturated heterocycles. The van der Waals surface area contributed by atoms with Gasteiger partial charge in [0.15, 0.2) is 9.84 Å². The molecule has 2 N–H and O–H groups in total. The summed E-state index contributed by atoms with van der Waals surface area (Å²) >= 11 is 15.3. The molecular formula is C13H10BrCl2NO3S. The monoisotopic (exact) mass is 409 g/mol. The first-order chi connectivity index (χ1) is 9.68. The average molecular weight is 411 g/mol. The van der Waals surface area contributed by atoms with E-state index in [0.29, 0.717) is 26.0 Å². The predicted octanol–water partition coefficient (Wildman–Crippen LogP) is 4.53. The minimum atomic E-state index is -3.32. The van der Waals surface area contributed by atoms with Crippen LogP contribution in [0.4, 0.5) is 5.69 Å². The normalized spacial score (nSPS) is 11.4. The van der Waals surface area contributed by atoms with E-state index < -0.39 is 9.84 Å². The van der Waals surface area contributed by atoms with E-state index in [1.165, 1.54) is 24.3 Å². The number of nitrogens with two attached hydrogens (primary N) is 1. The van der Waals surface area contributed by atoms with Gasteiger partial charge in [-0.2, -0.15) is 0 Å². The first-order valence-corrected chi connectivity index (χ1v) is 9.04. The van der Waals surface area contributed by atoms with Crippen molar-refractivity contribution in [3.8, 4) is 11.5 Å². The van der Waals surface area contributed by atoms with Gasteiger partial charge in [0.25, 0.3) is 0 Å². The molecular weight excluding hydrogens is 401 g/mol. The average Bonchev–Trinajstić information content (AvgIpc) is 2.36. The first kappa shape index (κ1) is 16.4. The van der Waals surface area contributed by atoms with Gasteiger partial charge in [-0.25, -0.2) is 8.42 Å². The lowest BCUT2D eigenvalue weighted by molar-refractivity contribution is 0.485. The van der Waals surface area contributed by atoms with E-state index >= 15 is 0 Å². The lowest BCUT2D eigenvalue weighted by Crippen LogP contribution is -2.00. The highest BCUT2D eigenvalue weighted by Crippen LogP contribution is 2.38. The van der Waals surface area contributed by atoms with Crippen molar-refractivity contribution in [2.45, 2.75) is 4.90 Å². The van der Waals surface area contributed by atoms with E-state index in [9.17, 15) is 8.42 Å². The molecule has 2 rings (SSSR count). The molecule has 0 radical (unpaired) electrons. The zero-order valence-corrected chi connectivity index (χ0v) is 14.6. The third-order valence-electron chi connectivity index (χ3n) is 2.60. The summed E-state index contributed by atoms with van der Waals surface area (Å²) in [7, 11) is -3.32. The van der Waals surface area contributed by atoms with Crippen molar-refractivity contribution in [2.75, 3.05) is 12.0 Å². The van der Waals surface area contributed by atoms with Crippen LogP contribution in [0, 0.1) is 0 Å². The molecule has 0 aliphatic rings. The number of benzene rings is 2. The van der Waals surface area contributed by atoms with Crippen molar-refractivity contribution >= 4 is 54.7 Å². The Labute approximate surface area is 140 Å². The Hall–Kier alpha value is -0.950. The van der Waals surface area contributed by atoms with Gasteiger partial charge in [0.05, 0.1) is 20.6 Å². The van der Waals surface area contributed by atoms with Crippen LogP contribution in [0.15, 0.2) is 39.7 Å². The minimum absolute atomic E-state index is 0.118. The topological polar surface area (TPSA) is 69.4 Å². The van der Waals surface area contributed by atoms with Crippen molar-refractivity contribution in [1.29, 1.82) is 0 Å². The van der Waals surface area contributed by atoms with Gasteiger partial charge in [0, 0.05) is 16.8 Å². The second kappa shape index (κ2) is 6.04. The Balaban J connectivity index is 2.39. The van der Waals surface area contributed by atoms with Gasteiger partial charge in [0.2, 0.25) is 0 Å². The van der Waals surface area contributed by atoms with E-state index in [1.807, 2.05) is 0 Å². The predicted molar refractivity (Wildman–Crippen MR) is 88.2 cm³/mol. The van der Waals surface area contributed by atoms with Crippen LogP contribution in [0.2, 0.25) is 10.0 Å². The number of hydrogen-bond donors (Lipinski definition) is 1. The van der Waals surface area contributed by atoms with Gasteiger partial charge < -0.3 is 10.5 Å². The molecule has 2 aromatic carbocycles. The molecule has 21 heavy (non-hydrogen) atoms. The van der Waals surface area contributed by atoms with Crippen LogP contribution in [0.3, 0.4) is 0 Å². The van der Waals surface area contributed by atoms with Gasteiger partial charge in [0.1, 0.15) is 11.5 Å². The van der Waals surface area contributed by atoms with Crippen LogP contribution in [0.1, 0.15) is 0 Å². The fraction of sp³-hybridized carbons (Fsp3) is 0.0769. The maximum Gasteiger partial charge on any atom is 0.175 e. The highest BCUT2D eigenvalue weighted by molar-refractivity contribution is 9.10. The molecule has 0 atom stereocenters. The number of hydrogen-bond acceptors (Lipinski definition) is 4. The second-order valence-corrected chi connectivity index (χ2v) is 7.96. The fourth-order valence-electron chi connectivity index (χ4n) is 1.55. The number of nitrogen functional groups attached to an aromatic ring is 1. The van der Waals surface area contributed by atoms with E-state index in [4.69, 9.17) is 33.7 Å². The highest BCUT2D eigenvalue weighted by Gasteiger charge is 2.13. The van der Waals surface area contributed by atoms with E-state index in [-0.39, 0.29) is 10.6 Å². The van der Waals surface area contributed by atoms with Crippen LogP contribution in [-0.4, -0.2) is 14.7 Å². The van der Waals surface area contributed by atoms with Crippen LogP contribution in [0.5, 0.6) is 11.5 Å². The molecule has 0 heterocycles. The molecule has 0 fully saturated rings. The maximum absolute atomic E-state index is 11.5. The molecule has 4 nitrogen and oxygen atoms in total. The van der Waals surface area contributed by atoms with Gasteiger partial charge in [-0.05, 0) is 40.2 Å². The van der Waals surface area contributed by atoms with Crippen molar-refractivity contribution in [3.05, 3.63) is 44.8 Å². The lowest BCUT2D eigenvalue weighted by atomic mass is 10.3. The summed E-state index contributed by atoms with van der Waals surface area (Å²) in [4.78, 5) is 0.118. The molecule has 2 aromatic rings. The molecule has 0 aliphatic heterocycles. The molecule has 0 bridgehead atoms. The van der Waals surface area contributed by atoms with Crippen molar-refractivity contribution < 1.29 is 13.2 Å². The highest BCUT2D eigenvalue weighted by atomic mass is 79.9. The molecule has 0 aliphatic carbocycles. The second-order valence-electron chi connectivity index (χ2n) is 4.27. The lowest BCUT2D eigenvalue weighted by Gasteiger charge is -2.11. The summed E-state index contributed by atoms with van der Waals surface area (Å²) in [5.74, 6) is 0.617.